The molecule has 2 aliphatic heterocycles. The largest absolute Gasteiger partial charge is 0.508 e. The second kappa shape index (κ2) is 7.20. The van der Waals surface area contributed by atoms with E-state index in [0.29, 0.717) is 38.8 Å². The summed E-state index contributed by atoms with van der Waals surface area (Å²) in [7, 11) is 2.02. The predicted molar refractivity (Wildman–Crippen MR) is 118 cm³/mol. The van der Waals surface area contributed by atoms with Crippen LogP contribution in [-0.4, -0.2) is 80.7 Å². The van der Waals surface area contributed by atoms with Gasteiger partial charge in [0.15, 0.2) is 0 Å². The normalized spacial score (nSPS) is 36.4. The second-order valence-corrected chi connectivity index (χ2v) is 9.70. The Morgan fingerprint density at radius 3 is 2.48 bits per heavy atom. The van der Waals surface area contributed by atoms with Gasteiger partial charge in [-0.2, -0.15) is 0 Å². The number of carbonyl (C=O) groups excluding carboxylic acids is 2. The lowest BCUT2D eigenvalue weighted by Gasteiger charge is -2.63. The van der Waals surface area contributed by atoms with Crippen molar-refractivity contribution < 1.29 is 19.8 Å². The van der Waals surface area contributed by atoms with Crippen LogP contribution in [0.2, 0.25) is 0 Å². The molecule has 7 nitrogen and oxygen atoms in total. The van der Waals surface area contributed by atoms with Crippen LogP contribution in [0.3, 0.4) is 0 Å². The van der Waals surface area contributed by atoms with E-state index >= 15 is 0 Å². The Labute approximate surface area is 184 Å². The molecule has 0 bridgehead atoms. The minimum atomic E-state index is -1.08. The molecule has 0 radical (unpaired) electrons. The summed E-state index contributed by atoms with van der Waals surface area (Å²) in [5, 5.41) is 22.6. The van der Waals surface area contributed by atoms with Gasteiger partial charge in [0.1, 0.15) is 11.3 Å². The minimum Gasteiger partial charge on any atom is -0.508 e. The van der Waals surface area contributed by atoms with E-state index in [-0.39, 0.29) is 23.7 Å². The predicted octanol–water partition coefficient (Wildman–Crippen LogP) is 2.62. The molecule has 2 N–H and O–H groups in total. The highest BCUT2D eigenvalue weighted by atomic mass is 16.3. The number of hydrogen-bond acceptors (Lipinski definition) is 5. The summed E-state index contributed by atoms with van der Waals surface area (Å²) < 4.78 is 0. The van der Waals surface area contributed by atoms with Crippen LogP contribution in [-0.2, 0) is 10.2 Å². The molecule has 2 unspecified atom stereocenters. The fourth-order valence-electron chi connectivity index (χ4n) is 6.72. The van der Waals surface area contributed by atoms with Crippen LogP contribution in [0.5, 0.6) is 5.75 Å². The number of piperidine rings is 1. The number of carbonyl (C=O) groups is 2. The van der Waals surface area contributed by atoms with E-state index in [1.807, 2.05) is 40.8 Å². The number of fused-ring (bicyclic) bond motifs is 1. The Morgan fingerprint density at radius 1 is 1.13 bits per heavy atom. The fraction of sp³-hybridized carbons (Fsp3) is 0.667. The van der Waals surface area contributed by atoms with Crippen molar-refractivity contribution in [2.24, 2.45) is 0 Å². The highest BCUT2D eigenvalue weighted by Gasteiger charge is 2.69. The lowest BCUT2D eigenvalue weighted by Crippen LogP contribution is -2.73. The van der Waals surface area contributed by atoms with Crippen molar-refractivity contribution in [3.8, 4) is 5.75 Å². The summed E-state index contributed by atoms with van der Waals surface area (Å²) in [6.07, 6.45) is 1.88. The number of phenols is 1. The quantitative estimate of drug-likeness (QED) is 0.722. The number of urea groups is 1. The molecule has 31 heavy (non-hydrogen) atoms. The van der Waals surface area contributed by atoms with Gasteiger partial charge in [0.05, 0.1) is 5.60 Å². The number of likely N-dealkylation sites (N-methyl/N-ethyl adjacent to an activating group) is 3. The maximum absolute atomic E-state index is 13.7. The molecule has 7 heteroatoms. The number of aromatic hydroxyl groups is 1. The van der Waals surface area contributed by atoms with E-state index in [9.17, 15) is 19.8 Å². The van der Waals surface area contributed by atoms with Gasteiger partial charge in [-0.1, -0.05) is 6.07 Å². The molecular weight excluding hydrogens is 394 g/mol. The van der Waals surface area contributed by atoms with Gasteiger partial charge in [0, 0.05) is 24.5 Å². The summed E-state index contributed by atoms with van der Waals surface area (Å²) in [4.78, 5) is 32.0. The van der Waals surface area contributed by atoms with Crippen LogP contribution in [0.15, 0.2) is 18.2 Å². The fourth-order valence-corrected chi connectivity index (χ4v) is 6.72. The summed E-state index contributed by atoms with van der Waals surface area (Å²) in [5.74, 6) is 0.00699. The van der Waals surface area contributed by atoms with Gasteiger partial charge in [0.25, 0.3) is 5.91 Å². The number of nitrogens with zero attached hydrogens (tertiary/aromatic N) is 3. The SMILES string of the molecule is CCN1C(=O)N(CC)[C@]2(CCC3(O)C(C)N(C)CC[C@]3(c3cc(O)ccc3C)C2)C1=O. The van der Waals surface area contributed by atoms with Crippen molar-refractivity contribution in [3.63, 3.8) is 0 Å². The van der Waals surface area contributed by atoms with Crippen molar-refractivity contribution in [2.45, 2.75) is 76.0 Å². The third-order valence-electron chi connectivity index (χ3n) is 8.58. The summed E-state index contributed by atoms with van der Waals surface area (Å²) in [6, 6.07) is 4.94. The summed E-state index contributed by atoms with van der Waals surface area (Å²) >= 11 is 0. The number of aliphatic hydroxyl groups is 1. The van der Waals surface area contributed by atoms with E-state index in [4.69, 9.17) is 0 Å². The first-order valence-corrected chi connectivity index (χ1v) is 11.4. The molecule has 0 aromatic heterocycles. The highest BCUT2D eigenvalue weighted by Crippen LogP contribution is 2.59. The van der Waals surface area contributed by atoms with Crippen LogP contribution in [0.4, 0.5) is 4.79 Å². The molecule has 2 heterocycles. The van der Waals surface area contributed by atoms with E-state index in [0.717, 1.165) is 17.7 Å². The van der Waals surface area contributed by atoms with Gasteiger partial charge in [-0.15, -0.1) is 0 Å². The molecule has 4 atom stereocenters. The molecule has 4 rings (SSSR count). The van der Waals surface area contributed by atoms with Gasteiger partial charge in [-0.25, -0.2) is 4.79 Å². The average Bonchev–Trinajstić information content (AvgIpc) is 2.94. The third kappa shape index (κ3) is 2.72. The Bertz CT molecular complexity index is 920. The Hall–Kier alpha value is -2.12. The van der Waals surface area contributed by atoms with E-state index in [1.54, 1.807) is 17.0 Å². The molecular formula is C24H35N3O4. The van der Waals surface area contributed by atoms with Gasteiger partial charge < -0.3 is 20.0 Å². The monoisotopic (exact) mass is 429 g/mol. The average molecular weight is 430 g/mol. The second-order valence-electron chi connectivity index (χ2n) is 9.70. The van der Waals surface area contributed by atoms with Crippen LogP contribution in [0.1, 0.15) is 57.6 Å². The number of hydrogen-bond donors (Lipinski definition) is 2. The number of phenolic OH excluding ortho intramolecular Hbond substituents is 1. The van der Waals surface area contributed by atoms with Crippen LogP contribution in [0.25, 0.3) is 0 Å². The molecule has 1 aromatic carbocycles. The zero-order chi connectivity index (χ0) is 22.8. The maximum Gasteiger partial charge on any atom is 0.327 e. The van der Waals surface area contributed by atoms with Gasteiger partial charge in [-0.05, 0) is 90.2 Å². The minimum absolute atomic E-state index is 0.120. The molecule has 170 valence electrons. The number of benzene rings is 1. The molecule has 1 aliphatic carbocycles. The Kier molecular flexibility index (Phi) is 5.13. The smallest absolute Gasteiger partial charge is 0.327 e. The molecule has 1 spiro atoms. The Morgan fingerprint density at radius 2 is 1.84 bits per heavy atom. The van der Waals surface area contributed by atoms with Crippen molar-refractivity contribution in [1.29, 1.82) is 0 Å². The molecule has 3 fully saturated rings. The molecule has 2 saturated heterocycles. The Balaban J connectivity index is 1.94. The van der Waals surface area contributed by atoms with Crippen molar-refractivity contribution in [3.05, 3.63) is 29.3 Å². The van der Waals surface area contributed by atoms with E-state index in [2.05, 4.69) is 4.90 Å². The first-order valence-electron chi connectivity index (χ1n) is 11.4. The maximum atomic E-state index is 13.7. The molecule has 3 amide bonds. The molecule has 1 saturated carbocycles. The number of likely N-dealkylation sites (tertiary alicyclic amines) is 1. The van der Waals surface area contributed by atoms with Crippen LogP contribution in [0, 0.1) is 6.92 Å². The number of aryl methyl sites for hydroxylation is 1. The van der Waals surface area contributed by atoms with Crippen LogP contribution < -0.4 is 0 Å². The first kappa shape index (κ1) is 22.1. The van der Waals surface area contributed by atoms with E-state index in [1.165, 1.54) is 4.90 Å². The highest BCUT2D eigenvalue weighted by molar-refractivity contribution is 6.07. The molecule has 3 aliphatic rings. The summed E-state index contributed by atoms with van der Waals surface area (Å²) in [6.45, 7) is 9.33. The van der Waals surface area contributed by atoms with Crippen molar-refractivity contribution >= 4 is 11.9 Å². The summed E-state index contributed by atoms with van der Waals surface area (Å²) in [5.41, 5.74) is -0.904. The van der Waals surface area contributed by atoms with Crippen molar-refractivity contribution in [2.75, 3.05) is 26.7 Å². The lowest BCUT2D eigenvalue weighted by molar-refractivity contribution is -0.176. The van der Waals surface area contributed by atoms with E-state index < -0.39 is 16.6 Å². The number of imide groups is 1. The van der Waals surface area contributed by atoms with Gasteiger partial charge in [-0.3, -0.25) is 9.69 Å². The van der Waals surface area contributed by atoms with Crippen LogP contribution >= 0.6 is 0 Å². The molecule has 1 aromatic rings. The van der Waals surface area contributed by atoms with Gasteiger partial charge in [0.2, 0.25) is 0 Å². The zero-order valence-corrected chi connectivity index (χ0v) is 19.3. The lowest BCUT2D eigenvalue weighted by atomic mass is 9.49. The topological polar surface area (TPSA) is 84.3 Å². The number of rotatable bonds is 3. The third-order valence-corrected chi connectivity index (χ3v) is 8.58. The number of amides is 3. The van der Waals surface area contributed by atoms with Crippen molar-refractivity contribution in [1.82, 2.24) is 14.7 Å². The first-order chi connectivity index (χ1) is 14.6. The zero-order valence-electron chi connectivity index (χ0n) is 19.3. The van der Waals surface area contributed by atoms with Gasteiger partial charge >= 0.3 is 6.03 Å². The standard InChI is InChI=1S/C24H35N3O4/c1-6-26-20(29)23(27(7-2)21(26)30)10-11-24(31)17(4)25(5)13-12-22(24,15-23)19-14-18(28)9-8-16(19)3/h8-9,14,17,28,31H,6-7,10-13,15H2,1-5H3/t17?,22-,23+,24?/m1/s1.